The van der Waals surface area contributed by atoms with E-state index in [0.29, 0.717) is 0 Å². The second kappa shape index (κ2) is 4.58. The van der Waals surface area contributed by atoms with Crippen LogP contribution in [0, 0.1) is 0 Å². The topological polar surface area (TPSA) is 17.3 Å². The highest BCUT2D eigenvalue weighted by molar-refractivity contribution is 9.10. The molecular weight excluding hydrogens is 288 g/mol. The number of fused-ring (bicyclic) bond motifs is 1. The van der Waals surface area contributed by atoms with Crippen molar-refractivity contribution in [2.45, 2.75) is 13.3 Å². The average Bonchev–Trinajstić information content (AvgIpc) is 2.75. The van der Waals surface area contributed by atoms with Crippen LogP contribution in [-0.2, 0) is 6.42 Å². The van der Waals surface area contributed by atoms with Gasteiger partial charge in [-0.05, 0) is 40.0 Å². The summed E-state index contributed by atoms with van der Waals surface area (Å²) >= 11 is 3.55. The molecule has 1 aromatic carbocycles. The number of benzene rings is 1. The minimum Gasteiger partial charge on any atom is -0.298 e. The summed E-state index contributed by atoms with van der Waals surface area (Å²) in [5, 5.41) is 0. The third kappa shape index (κ3) is 1.85. The molecule has 0 amide bonds. The first-order valence-electron chi connectivity index (χ1n) is 6.01. The Morgan fingerprint density at radius 1 is 1.11 bits per heavy atom. The van der Waals surface area contributed by atoms with E-state index in [4.69, 9.17) is 0 Å². The predicted octanol–water partition coefficient (Wildman–Crippen LogP) is 4.33. The maximum absolute atomic E-state index is 4.51. The zero-order valence-corrected chi connectivity index (χ0v) is 11.7. The Hall–Kier alpha value is -1.61. The van der Waals surface area contributed by atoms with E-state index in [1.54, 1.807) is 0 Å². The Balaban J connectivity index is 2.20. The minimum absolute atomic E-state index is 0.887. The molecule has 0 radical (unpaired) electrons. The van der Waals surface area contributed by atoms with Crippen LogP contribution in [0.1, 0.15) is 12.5 Å². The van der Waals surface area contributed by atoms with Crippen LogP contribution < -0.4 is 0 Å². The van der Waals surface area contributed by atoms with Crippen molar-refractivity contribution in [3.05, 3.63) is 58.8 Å². The van der Waals surface area contributed by atoms with Crippen molar-refractivity contribution in [1.29, 1.82) is 0 Å². The van der Waals surface area contributed by atoms with E-state index in [0.717, 1.165) is 22.4 Å². The van der Waals surface area contributed by atoms with E-state index >= 15 is 0 Å². The molecule has 0 aliphatic rings. The quantitative estimate of drug-likeness (QED) is 0.689. The Morgan fingerprint density at radius 2 is 1.89 bits per heavy atom. The zero-order chi connectivity index (χ0) is 12.5. The van der Waals surface area contributed by atoms with Gasteiger partial charge in [-0.15, -0.1) is 0 Å². The van der Waals surface area contributed by atoms with E-state index < -0.39 is 0 Å². The molecule has 0 saturated carbocycles. The number of hydrogen-bond acceptors (Lipinski definition) is 1. The molecule has 2 nitrogen and oxygen atoms in total. The molecule has 0 spiro atoms. The summed E-state index contributed by atoms with van der Waals surface area (Å²) in [5.41, 5.74) is 4.59. The van der Waals surface area contributed by atoms with E-state index in [1.165, 1.54) is 11.1 Å². The van der Waals surface area contributed by atoms with Crippen molar-refractivity contribution >= 4 is 21.6 Å². The summed E-state index contributed by atoms with van der Waals surface area (Å²) in [6.45, 7) is 2.17. The van der Waals surface area contributed by atoms with E-state index in [1.807, 2.05) is 24.4 Å². The SMILES string of the molecule is CCc1ccc(-c2c(Br)nc3ccccn23)cc1. The average molecular weight is 301 g/mol. The van der Waals surface area contributed by atoms with E-state index in [-0.39, 0.29) is 0 Å². The molecule has 0 bridgehead atoms. The number of aromatic nitrogens is 2. The third-order valence-corrected chi connectivity index (χ3v) is 3.68. The van der Waals surface area contributed by atoms with Crippen molar-refractivity contribution in [2.75, 3.05) is 0 Å². The van der Waals surface area contributed by atoms with Gasteiger partial charge in [0.15, 0.2) is 0 Å². The third-order valence-electron chi connectivity index (χ3n) is 3.12. The van der Waals surface area contributed by atoms with Gasteiger partial charge >= 0.3 is 0 Å². The van der Waals surface area contributed by atoms with Crippen LogP contribution in [-0.4, -0.2) is 9.38 Å². The molecule has 0 atom stereocenters. The Labute approximate surface area is 114 Å². The number of imidazole rings is 1. The highest BCUT2D eigenvalue weighted by atomic mass is 79.9. The number of halogens is 1. The fraction of sp³-hybridized carbons (Fsp3) is 0.133. The number of aryl methyl sites for hydroxylation is 1. The Morgan fingerprint density at radius 3 is 2.61 bits per heavy atom. The fourth-order valence-corrected chi connectivity index (χ4v) is 2.73. The second-order valence-corrected chi connectivity index (χ2v) is 4.98. The lowest BCUT2D eigenvalue weighted by Gasteiger charge is -2.04. The highest BCUT2D eigenvalue weighted by Crippen LogP contribution is 2.29. The van der Waals surface area contributed by atoms with Gasteiger partial charge in [-0.2, -0.15) is 0 Å². The van der Waals surface area contributed by atoms with Crippen LogP contribution in [0.4, 0.5) is 0 Å². The number of rotatable bonds is 2. The maximum Gasteiger partial charge on any atom is 0.138 e. The van der Waals surface area contributed by atoms with Gasteiger partial charge in [0.2, 0.25) is 0 Å². The molecule has 0 fully saturated rings. The molecule has 3 rings (SSSR count). The molecule has 3 aromatic rings. The standard InChI is InChI=1S/C15H13BrN2/c1-2-11-6-8-12(9-7-11)14-15(16)17-13-5-3-4-10-18(13)14/h3-10H,2H2,1H3. The summed E-state index contributed by atoms with van der Waals surface area (Å²) in [6, 6.07) is 14.7. The first-order valence-corrected chi connectivity index (χ1v) is 6.81. The molecule has 3 heteroatoms. The first kappa shape index (κ1) is 11.5. The molecular formula is C15H13BrN2. The monoisotopic (exact) mass is 300 g/mol. The smallest absolute Gasteiger partial charge is 0.138 e. The van der Waals surface area contributed by atoms with Crippen LogP contribution in [0.25, 0.3) is 16.9 Å². The van der Waals surface area contributed by atoms with Gasteiger partial charge in [0.1, 0.15) is 10.3 Å². The van der Waals surface area contributed by atoms with E-state index in [9.17, 15) is 0 Å². The van der Waals surface area contributed by atoms with Crippen molar-refractivity contribution in [3.8, 4) is 11.3 Å². The number of pyridine rings is 1. The predicted molar refractivity (Wildman–Crippen MR) is 77.7 cm³/mol. The molecule has 0 aliphatic heterocycles. The van der Waals surface area contributed by atoms with Crippen LogP contribution in [0.5, 0.6) is 0 Å². The molecule has 18 heavy (non-hydrogen) atoms. The van der Waals surface area contributed by atoms with Gasteiger partial charge in [-0.3, -0.25) is 4.40 Å². The lowest BCUT2D eigenvalue weighted by atomic mass is 10.1. The molecule has 0 saturated heterocycles. The lowest BCUT2D eigenvalue weighted by Crippen LogP contribution is -1.88. The van der Waals surface area contributed by atoms with Crippen molar-refractivity contribution < 1.29 is 0 Å². The second-order valence-electron chi connectivity index (χ2n) is 4.23. The molecule has 0 N–H and O–H groups in total. The van der Waals surface area contributed by atoms with Crippen molar-refractivity contribution in [1.82, 2.24) is 9.38 Å². The van der Waals surface area contributed by atoms with Crippen LogP contribution in [0.15, 0.2) is 53.3 Å². The van der Waals surface area contributed by atoms with Gasteiger partial charge in [0, 0.05) is 11.8 Å². The maximum atomic E-state index is 4.51. The number of hydrogen-bond donors (Lipinski definition) is 0. The van der Waals surface area contributed by atoms with Crippen LogP contribution >= 0.6 is 15.9 Å². The summed E-state index contributed by atoms with van der Waals surface area (Å²) in [6.07, 6.45) is 3.10. The van der Waals surface area contributed by atoms with Gasteiger partial charge in [0.05, 0.1) is 5.69 Å². The zero-order valence-electron chi connectivity index (χ0n) is 10.1. The summed E-state index contributed by atoms with van der Waals surface area (Å²) in [4.78, 5) is 4.51. The largest absolute Gasteiger partial charge is 0.298 e. The molecule has 2 aromatic heterocycles. The van der Waals surface area contributed by atoms with Gasteiger partial charge in [-0.1, -0.05) is 37.3 Å². The molecule has 0 aliphatic carbocycles. The van der Waals surface area contributed by atoms with Crippen LogP contribution in [0.2, 0.25) is 0 Å². The lowest BCUT2D eigenvalue weighted by molar-refractivity contribution is 1.14. The molecule has 0 unspecified atom stereocenters. The molecule has 90 valence electrons. The van der Waals surface area contributed by atoms with Gasteiger partial charge < -0.3 is 0 Å². The fourth-order valence-electron chi connectivity index (χ4n) is 2.12. The van der Waals surface area contributed by atoms with Crippen molar-refractivity contribution in [2.24, 2.45) is 0 Å². The summed E-state index contributed by atoms with van der Waals surface area (Å²) < 4.78 is 2.99. The highest BCUT2D eigenvalue weighted by Gasteiger charge is 2.11. The normalized spacial score (nSPS) is 11.0. The molecule has 2 heterocycles. The summed E-state index contributed by atoms with van der Waals surface area (Å²) in [5.74, 6) is 0. The Kier molecular flexibility index (Phi) is 2.92. The summed E-state index contributed by atoms with van der Waals surface area (Å²) in [7, 11) is 0. The first-order chi connectivity index (χ1) is 8.79. The van der Waals surface area contributed by atoms with Crippen LogP contribution in [0.3, 0.4) is 0 Å². The van der Waals surface area contributed by atoms with E-state index in [2.05, 4.69) is 56.5 Å². The Bertz CT molecular complexity index is 683. The number of nitrogens with zero attached hydrogens (tertiary/aromatic N) is 2. The van der Waals surface area contributed by atoms with Gasteiger partial charge in [-0.25, -0.2) is 4.98 Å². The van der Waals surface area contributed by atoms with Crippen molar-refractivity contribution in [3.63, 3.8) is 0 Å². The minimum atomic E-state index is 0.887. The van der Waals surface area contributed by atoms with Gasteiger partial charge in [0.25, 0.3) is 0 Å².